The molecular formula is C23H22O6. The SMILES string of the molecule is CCC(=O)CCC(=O)C(C(=O)O)C(=O)OCC1c2ccccc2-c2ccccc21. The van der Waals surface area contributed by atoms with Gasteiger partial charge in [0.1, 0.15) is 12.4 Å². The first-order chi connectivity index (χ1) is 13.9. The van der Waals surface area contributed by atoms with Gasteiger partial charge in [-0.1, -0.05) is 55.5 Å². The molecule has 6 heteroatoms. The number of ether oxygens (including phenoxy) is 1. The molecule has 1 aliphatic carbocycles. The van der Waals surface area contributed by atoms with Crippen LogP contribution in [0.5, 0.6) is 0 Å². The molecular weight excluding hydrogens is 372 g/mol. The standard InChI is InChI=1S/C23H22O6/c1-2-14(24)11-12-20(25)21(22(26)27)23(28)29-13-19-17-9-5-3-7-15(17)16-8-4-6-10-18(16)19/h3-10,19,21H,2,11-13H2,1H3,(H,26,27). The molecule has 1 unspecified atom stereocenters. The van der Waals surface area contributed by atoms with E-state index in [2.05, 4.69) is 0 Å². The quantitative estimate of drug-likeness (QED) is 0.517. The van der Waals surface area contributed by atoms with E-state index in [4.69, 9.17) is 4.74 Å². The Labute approximate surface area is 168 Å². The number of benzene rings is 2. The third-order valence-corrected chi connectivity index (χ3v) is 5.20. The normalized spacial score (nSPS) is 13.3. The summed E-state index contributed by atoms with van der Waals surface area (Å²) in [6, 6.07) is 15.5. The number of Topliss-reactive ketones (excluding diaryl/α,β-unsaturated/α-hetero) is 2. The Kier molecular flexibility index (Phi) is 6.22. The second-order valence-electron chi connectivity index (χ2n) is 6.99. The summed E-state index contributed by atoms with van der Waals surface area (Å²) in [5.74, 6) is -5.75. The predicted octanol–water partition coefficient (Wildman–Crippen LogP) is 3.37. The zero-order valence-corrected chi connectivity index (χ0v) is 16.1. The number of fused-ring (bicyclic) bond motifs is 3. The first-order valence-corrected chi connectivity index (χ1v) is 9.56. The maximum absolute atomic E-state index is 12.4. The molecule has 0 spiro atoms. The van der Waals surface area contributed by atoms with Gasteiger partial charge in [-0.3, -0.25) is 19.2 Å². The molecule has 0 amide bonds. The van der Waals surface area contributed by atoms with Crippen molar-refractivity contribution in [2.24, 2.45) is 5.92 Å². The Hall–Kier alpha value is -3.28. The average molecular weight is 394 g/mol. The summed E-state index contributed by atoms with van der Waals surface area (Å²) in [5.41, 5.74) is 4.09. The molecule has 1 atom stereocenters. The highest BCUT2D eigenvalue weighted by Crippen LogP contribution is 2.44. The Morgan fingerprint density at radius 3 is 2.00 bits per heavy atom. The van der Waals surface area contributed by atoms with E-state index in [0.29, 0.717) is 0 Å². The van der Waals surface area contributed by atoms with Crippen LogP contribution >= 0.6 is 0 Å². The van der Waals surface area contributed by atoms with Gasteiger partial charge in [-0.2, -0.15) is 0 Å². The lowest BCUT2D eigenvalue weighted by molar-refractivity contribution is -0.161. The van der Waals surface area contributed by atoms with Crippen LogP contribution in [0.1, 0.15) is 43.2 Å². The van der Waals surface area contributed by atoms with Crippen molar-refractivity contribution >= 4 is 23.5 Å². The fourth-order valence-corrected chi connectivity index (χ4v) is 3.64. The van der Waals surface area contributed by atoms with E-state index in [1.165, 1.54) is 0 Å². The summed E-state index contributed by atoms with van der Waals surface area (Å²) in [4.78, 5) is 47.5. The third kappa shape index (κ3) is 4.26. The highest BCUT2D eigenvalue weighted by Gasteiger charge is 2.36. The van der Waals surface area contributed by atoms with E-state index >= 15 is 0 Å². The van der Waals surface area contributed by atoms with Gasteiger partial charge in [0.25, 0.3) is 0 Å². The van der Waals surface area contributed by atoms with Crippen molar-refractivity contribution in [2.45, 2.75) is 32.1 Å². The lowest BCUT2D eigenvalue weighted by Crippen LogP contribution is -2.34. The molecule has 0 bridgehead atoms. The molecule has 0 saturated carbocycles. The second kappa shape index (κ2) is 8.82. The van der Waals surface area contributed by atoms with Crippen molar-refractivity contribution in [1.82, 2.24) is 0 Å². The molecule has 0 radical (unpaired) electrons. The summed E-state index contributed by atoms with van der Waals surface area (Å²) >= 11 is 0. The van der Waals surface area contributed by atoms with Crippen LogP contribution in [0.25, 0.3) is 11.1 Å². The van der Waals surface area contributed by atoms with Crippen molar-refractivity contribution in [3.8, 4) is 11.1 Å². The number of rotatable bonds is 9. The molecule has 0 aliphatic heterocycles. The van der Waals surface area contributed by atoms with E-state index < -0.39 is 23.6 Å². The summed E-state index contributed by atoms with van der Waals surface area (Å²) in [6.07, 6.45) is -0.0977. The minimum atomic E-state index is -1.91. The van der Waals surface area contributed by atoms with Gasteiger partial charge in [0.2, 0.25) is 5.92 Å². The molecule has 3 rings (SSSR count). The Balaban J connectivity index is 1.73. The van der Waals surface area contributed by atoms with Crippen LogP contribution in [0.4, 0.5) is 0 Å². The first-order valence-electron chi connectivity index (χ1n) is 9.56. The van der Waals surface area contributed by atoms with Gasteiger partial charge in [0, 0.05) is 25.2 Å². The van der Waals surface area contributed by atoms with E-state index in [-0.39, 0.29) is 37.6 Å². The van der Waals surface area contributed by atoms with Gasteiger partial charge in [0.05, 0.1) is 0 Å². The number of aliphatic carboxylic acids is 1. The maximum atomic E-state index is 12.4. The molecule has 0 aromatic heterocycles. The number of hydrogen-bond acceptors (Lipinski definition) is 5. The Morgan fingerprint density at radius 1 is 0.931 bits per heavy atom. The number of carboxylic acids is 1. The number of carbonyl (C=O) groups is 4. The molecule has 150 valence electrons. The van der Waals surface area contributed by atoms with Crippen molar-refractivity contribution in [2.75, 3.05) is 6.61 Å². The second-order valence-corrected chi connectivity index (χ2v) is 6.99. The van der Waals surface area contributed by atoms with E-state index in [1.807, 2.05) is 48.5 Å². The third-order valence-electron chi connectivity index (χ3n) is 5.20. The van der Waals surface area contributed by atoms with Crippen molar-refractivity contribution in [3.05, 3.63) is 59.7 Å². The van der Waals surface area contributed by atoms with Gasteiger partial charge in [-0.15, -0.1) is 0 Å². The average Bonchev–Trinajstić information content (AvgIpc) is 3.04. The minimum absolute atomic E-state index is 0.0577. The Bertz CT molecular complexity index is 916. The van der Waals surface area contributed by atoms with E-state index in [9.17, 15) is 24.3 Å². The number of carbonyl (C=O) groups excluding carboxylic acids is 3. The molecule has 0 fully saturated rings. The Morgan fingerprint density at radius 2 is 1.48 bits per heavy atom. The van der Waals surface area contributed by atoms with Crippen LogP contribution in [-0.2, 0) is 23.9 Å². The first kappa shape index (κ1) is 20.5. The van der Waals surface area contributed by atoms with Gasteiger partial charge in [-0.25, -0.2) is 0 Å². The van der Waals surface area contributed by atoms with Crippen molar-refractivity contribution < 1.29 is 29.0 Å². The fraction of sp³-hybridized carbons (Fsp3) is 0.304. The van der Waals surface area contributed by atoms with Crippen molar-refractivity contribution in [3.63, 3.8) is 0 Å². The molecule has 0 saturated heterocycles. The molecule has 6 nitrogen and oxygen atoms in total. The van der Waals surface area contributed by atoms with Crippen LogP contribution < -0.4 is 0 Å². The highest BCUT2D eigenvalue weighted by molar-refractivity contribution is 6.14. The van der Waals surface area contributed by atoms with Crippen LogP contribution in [0, 0.1) is 5.92 Å². The maximum Gasteiger partial charge on any atom is 0.328 e. The van der Waals surface area contributed by atoms with Crippen LogP contribution in [0.3, 0.4) is 0 Å². The smallest absolute Gasteiger partial charge is 0.328 e. The largest absolute Gasteiger partial charge is 0.480 e. The molecule has 0 heterocycles. The number of carboxylic acid groups (broad SMARTS) is 1. The van der Waals surface area contributed by atoms with Crippen LogP contribution in [0.15, 0.2) is 48.5 Å². The monoisotopic (exact) mass is 394 g/mol. The molecule has 1 N–H and O–H groups in total. The summed E-state index contributed by atoms with van der Waals surface area (Å²) in [5, 5.41) is 9.34. The molecule has 29 heavy (non-hydrogen) atoms. The van der Waals surface area contributed by atoms with Gasteiger partial charge in [-0.05, 0) is 22.3 Å². The van der Waals surface area contributed by atoms with Crippen LogP contribution in [0.2, 0.25) is 0 Å². The van der Waals surface area contributed by atoms with E-state index in [0.717, 1.165) is 22.3 Å². The van der Waals surface area contributed by atoms with Gasteiger partial charge in [0.15, 0.2) is 5.78 Å². The zero-order chi connectivity index (χ0) is 21.0. The molecule has 1 aliphatic rings. The van der Waals surface area contributed by atoms with E-state index in [1.54, 1.807) is 6.92 Å². The minimum Gasteiger partial charge on any atom is -0.480 e. The van der Waals surface area contributed by atoms with Crippen molar-refractivity contribution in [1.29, 1.82) is 0 Å². The fourth-order valence-electron chi connectivity index (χ4n) is 3.64. The topological polar surface area (TPSA) is 97.7 Å². The number of hydrogen-bond donors (Lipinski definition) is 1. The summed E-state index contributed by atoms with van der Waals surface area (Å²) in [6.45, 7) is 1.60. The summed E-state index contributed by atoms with van der Waals surface area (Å²) in [7, 11) is 0. The molecule has 2 aromatic carbocycles. The highest BCUT2D eigenvalue weighted by atomic mass is 16.5. The summed E-state index contributed by atoms with van der Waals surface area (Å²) < 4.78 is 5.29. The lowest BCUT2D eigenvalue weighted by Gasteiger charge is -2.16. The predicted molar refractivity (Wildman–Crippen MR) is 105 cm³/mol. The van der Waals surface area contributed by atoms with Crippen LogP contribution in [-0.4, -0.2) is 35.2 Å². The zero-order valence-electron chi connectivity index (χ0n) is 16.1. The van der Waals surface area contributed by atoms with Gasteiger partial charge >= 0.3 is 11.9 Å². The number of ketones is 2. The van der Waals surface area contributed by atoms with Gasteiger partial charge < -0.3 is 9.84 Å². The number of esters is 1. The molecule has 2 aromatic rings. The lowest BCUT2D eigenvalue weighted by atomic mass is 9.97.